The highest BCUT2D eigenvalue weighted by Gasteiger charge is 2.36. The molecule has 0 aliphatic carbocycles. The molecule has 0 aliphatic rings. The zero-order chi connectivity index (χ0) is 99.4. The van der Waals surface area contributed by atoms with E-state index in [1.54, 1.807) is 0 Å². The Morgan fingerprint density at radius 3 is 0.620 bits per heavy atom. The Morgan fingerprint density at radius 1 is 0.180 bits per heavy atom. The second-order valence-corrected chi connectivity index (χ2v) is 41.5. The van der Waals surface area contributed by atoms with E-state index < -0.39 is 0 Å². The van der Waals surface area contributed by atoms with Crippen molar-refractivity contribution in [3.63, 3.8) is 0 Å². The van der Waals surface area contributed by atoms with E-state index in [0.717, 1.165) is 92.1 Å². The van der Waals surface area contributed by atoms with Crippen LogP contribution in [0, 0.1) is 0 Å². The molecule has 0 saturated carbocycles. The van der Waals surface area contributed by atoms with Gasteiger partial charge >= 0.3 is 0 Å². The van der Waals surface area contributed by atoms with Gasteiger partial charge in [0, 0.05) is 177 Å². The Bertz CT molecular complexity index is 10400. The fraction of sp³-hybridized carbons (Fsp3) is 0.0704. The van der Waals surface area contributed by atoms with E-state index in [0.29, 0.717) is 5.92 Å². The first-order valence-corrected chi connectivity index (χ1v) is 52.9. The number of aromatic nitrogens is 4. The first kappa shape index (κ1) is 86.7. The van der Waals surface area contributed by atoms with E-state index in [1.807, 2.05) is 0 Å². The molecule has 0 spiro atoms. The summed E-state index contributed by atoms with van der Waals surface area (Å²) in [5.74, 6) is 0.909. The Labute approximate surface area is 868 Å². The smallest absolute Gasteiger partial charge is 0.0634 e. The predicted molar refractivity (Wildman–Crippen MR) is 637 cm³/mol. The van der Waals surface area contributed by atoms with Crippen molar-refractivity contribution in [1.82, 2.24) is 17.6 Å². The number of benzene rings is 22. The van der Waals surface area contributed by atoms with E-state index in [2.05, 4.69) is 557 Å². The maximum Gasteiger partial charge on any atom is 0.0634 e. The van der Waals surface area contributed by atoms with Crippen LogP contribution in [-0.2, 0) is 6.42 Å². The van der Waals surface area contributed by atoms with Gasteiger partial charge in [-0.2, -0.15) is 0 Å². The second-order valence-electron chi connectivity index (χ2n) is 41.5. The summed E-state index contributed by atoms with van der Waals surface area (Å²) in [7, 11) is 0. The monoisotopic (exact) mass is 1920 g/mol. The lowest BCUT2D eigenvalue weighted by atomic mass is 9.87. The molecule has 0 radical (unpaired) electrons. The van der Waals surface area contributed by atoms with E-state index in [1.165, 1.54) is 208 Å². The average Bonchev–Trinajstić information content (AvgIpc) is 1.50. The van der Waals surface area contributed by atoms with Crippen LogP contribution in [0.2, 0.25) is 0 Å². The Kier molecular flexibility index (Phi) is 19.8. The molecule has 0 N–H and O–H groups in total. The molecule has 0 fully saturated rings. The van der Waals surface area contributed by atoms with E-state index >= 15 is 0 Å². The lowest BCUT2D eigenvalue weighted by molar-refractivity contribution is 0.593. The van der Waals surface area contributed by atoms with Crippen molar-refractivity contribution in [2.24, 2.45) is 0 Å². The quantitative estimate of drug-likeness (QED) is 0.0677. The van der Waals surface area contributed by atoms with Gasteiger partial charge in [-0.25, -0.2) is 0 Å². The van der Waals surface area contributed by atoms with Gasteiger partial charge < -0.3 is 37.2 Å². The number of aryl methyl sites for hydroxylation is 1. The van der Waals surface area contributed by atoms with Gasteiger partial charge in [0.2, 0.25) is 0 Å². The summed E-state index contributed by atoms with van der Waals surface area (Å²) in [6.45, 7) is 11.6. The number of hydrogen-bond acceptors (Lipinski definition) is 4. The molecule has 22 aromatic carbocycles. The molecular weight excluding hydrogens is 1820 g/mol. The van der Waals surface area contributed by atoms with E-state index in [-0.39, 0.29) is 11.8 Å². The van der Waals surface area contributed by atoms with Gasteiger partial charge in [0.1, 0.15) is 0 Å². The fourth-order valence-electron chi connectivity index (χ4n) is 26.1. The molecular formula is C142H102N8. The molecule has 30 rings (SSSR count). The third kappa shape index (κ3) is 13.1. The van der Waals surface area contributed by atoms with Gasteiger partial charge in [-0.1, -0.05) is 374 Å². The predicted octanol–water partition coefficient (Wildman–Crippen LogP) is 39.8. The van der Waals surface area contributed by atoms with Crippen molar-refractivity contribution in [3.05, 3.63) is 508 Å². The number of anilines is 12. The molecule has 2 unspecified atom stereocenters. The van der Waals surface area contributed by atoms with Crippen LogP contribution in [0.4, 0.5) is 68.2 Å². The van der Waals surface area contributed by atoms with Crippen molar-refractivity contribution in [1.29, 1.82) is 0 Å². The highest BCUT2D eigenvalue weighted by atomic mass is 15.2. The summed E-state index contributed by atoms with van der Waals surface area (Å²) in [5, 5.41) is 19.7. The fourth-order valence-corrected chi connectivity index (χ4v) is 26.1. The summed E-state index contributed by atoms with van der Waals surface area (Å²) >= 11 is 0. The standard InChI is InChI=1S/C142H102N8/c1-6-91-59-67-103(68-60-91)143(99-43-23-11-24-44-99)107-75-79-111-115-51-31-55-119-131-128(96-37-17-8-18-38-96)141-132(127(95-35-15-7-16-36-95)139(131)147(135(115)119)123(111)84-107)121-57-33-53-117-113-81-77-109(86-125(113)149(141)137(117)121)145(101-47-27-13-28-48-101)105-71-63-93(64-72-105)89(4)83-90(5)94-65-73-106(74-66-94)146(102-49-29-14-30-50-102)110-78-82-114-118-54-34-58-122-134-129(97-39-19-9-20-40-97)140-133(130(98-41-21-10-22-42-98)142(134)150(138(118)122)126(114)87-110)120-56-32-52-116-112-80-76-108(85-124(112)148(140)136(116)120)144(100-45-25-12-26-46-100)104-69-61-92(62-70-104)88(2)3/h7-82,84-90H,6,83H2,1-5H3. The lowest BCUT2D eigenvalue weighted by Crippen LogP contribution is -2.10. The molecule has 150 heavy (non-hydrogen) atoms. The number of para-hydroxylation sites is 8. The first-order chi connectivity index (χ1) is 74.1. The maximum absolute atomic E-state index is 2.66. The third-order valence-corrected chi connectivity index (χ3v) is 32.9. The van der Waals surface area contributed by atoms with E-state index in [4.69, 9.17) is 0 Å². The molecule has 8 aromatic heterocycles. The molecule has 8 nitrogen and oxygen atoms in total. The number of fused-ring (bicyclic) bond motifs is 24. The van der Waals surface area contributed by atoms with Crippen molar-refractivity contribution in [2.45, 2.75) is 65.2 Å². The first-order valence-electron chi connectivity index (χ1n) is 52.9. The summed E-state index contributed by atoms with van der Waals surface area (Å²) in [5.41, 5.74) is 42.4. The SMILES string of the molecule is CCc1ccc(N(c2ccccc2)c2ccc3c4cccc5c6c(-c7ccccc7)c7c(c(-c8ccccc8)c6n(c3c2)c45)c2cccc3c4ccc(N(c5ccccc5)c5ccc(C(C)CC(C)c6ccc(N(c8ccccc8)c8ccc9c%10cccc%11c%12c(-c%13ccccc%13)c%13c(c(-c%14ccccc%14)c%12n(c9c8)c%10%11)c8cccc9c%10ccc(N(c%11ccccc%11)c%11ccc(C(C)C)cc%11)cc%10n%13c98)cc6)cc5)cc4n7c32)cc1. The largest absolute Gasteiger partial charge is 0.310 e. The van der Waals surface area contributed by atoms with Gasteiger partial charge in [-0.3, -0.25) is 0 Å². The highest BCUT2D eigenvalue weighted by molar-refractivity contribution is 6.41. The zero-order valence-corrected chi connectivity index (χ0v) is 83.9. The highest BCUT2D eigenvalue weighted by Crippen LogP contribution is 2.59. The summed E-state index contributed by atoms with van der Waals surface area (Å²) < 4.78 is 10.6. The van der Waals surface area contributed by atoms with Crippen LogP contribution in [0.5, 0.6) is 0 Å². The van der Waals surface area contributed by atoms with Crippen LogP contribution in [0.15, 0.2) is 485 Å². The number of rotatable bonds is 22. The molecule has 0 aliphatic heterocycles. The van der Waals surface area contributed by atoms with Crippen LogP contribution in [0.3, 0.4) is 0 Å². The summed E-state index contributed by atoms with van der Waals surface area (Å²) in [6.07, 6.45) is 1.94. The van der Waals surface area contributed by atoms with Crippen molar-refractivity contribution in [3.8, 4) is 44.5 Å². The second kappa shape index (κ2) is 34.2. The Balaban J connectivity index is 0.520. The Hall–Kier alpha value is -18.8. The molecule has 8 heteroatoms. The van der Waals surface area contributed by atoms with Crippen LogP contribution in [0.25, 0.3) is 197 Å². The topological polar surface area (TPSA) is 30.6 Å². The summed E-state index contributed by atoms with van der Waals surface area (Å²) in [4.78, 5) is 9.76. The van der Waals surface area contributed by atoms with Crippen LogP contribution in [0.1, 0.15) is 81.0 Å². The normalized spacial score (nSPS) is 12.6. The van der Waals surface area contributed by atoms with Crippen molar-refractivity contribution < 1.29 is 0 Å². The van der Waals surface area contributed by atoms with Gasteiger partial charge in [0.25, 0.3) is 0 Å². The molecule has 0 amide bonds. The van der Waals surface area contributed by atoms with Gasteiger partial charge in [-0.15, -0.1) is 0 Å². The van der Waals surface area contributed by atoms with Crippen LogP contribution < -0.4 is 19.6 Å². The minimum Gasteiger partial charge on any atom is -0.310 e. The third-order valence-electron chi connectivity index (χ3n) is 32.9. The van der Waals surface area contributed by atoms with Gasteiger partial charge in [-0.05, 0) is 221 Å². The maximum atomic E-state index is 2.66. The number of hydrogen-bond donors (Lipinski definition) is 0. The van der Waals surface area contributed by atoms with Crippen LogP contribution >= 0.6 is 0 Å². The minimum absolute atomic E-state index is 0.247. The lowest BCUT2D eigenvalue weighted by Gasteiger charge is -2.27. The van der Waals surface area contributed by atoms with E-state index in [9.17, 15) is 0 Å². The Morgan fingerprint density at radius 2 is 0.387 bits per heavy atom. The number of nitrogens with zero attached hydrogens (tertiary/aromatic N) is 8. The molecule has 8 heterocycles. The van der Waals surface area contributed by atoms with Gasteiger partial charge in [0.05, 0.1) is 66.2 Å². The van der Waals surface area contributed by atoms with Crippen LogP contribution in [-0.4, -0.2) is 17.6 Å². The molecule has 0 bridgehead atoms. The molecule has 2 atom stereocenters. The average molecular weight is 1920 g/mol. The zero-order valence-electron chi connectivity index (χ0n) is 83.9. The minimum atomic E-state index is 0.247. The van der Waals surface area contributed by atoms with Crippen molar-refractivity contribution in [2.75, 3.05) is 19.6 Å². The van der Waals surface area contributed by atoms with Gasteiger partial charge in [0.15, 0.2) is 0 Å². The molecule has 0 saturated heterocycles. The van der Waals surface area contributed by atoms with Crippen molar-refractivity contribution >= 4 is 221 Å². The molecule has 710 valence electrons. The molecule has 30 aromatic rings. The summed E-state index contributed by atoms with van der Waals surface area (Å²) in [6, 6.07) is 183.